The average Bonchev–Trinajstić information content (AvgIpc) is 4.16. The minimum atomic E-state index is 0.143. The zero-order valence-corrected chi connectivity index (χ0v) is 41.7. The predicted octanol–water partition coefficient (Wildman–Crippen LogP) is 10.1. The van der Waals surface area contributed by atoms with Crippen molar-refractivity contribution in [3.05, 3.63) is 145 Å². The van der Waals surface area contributed by atoms with Gasteiger partial charge in [-0.1, -0.05) is 91.3 Å². The molecule has 2 aliphatic heterocycles. The molecule has 2 saturated carbocycles. The Hall–Kier alpha value is -7.29. The van der Waals surface area contributed by atoms with Crippen molar-refractivity contribution in [2.24, 2.45) is 11.8 Å². The first kappa shape index (κ1) is 48.0. The van der Waals surface area contributed by atoms with E-state index in [1.54, 1.807) is 6.33 Å². The Kier molecular flexibility index (Phi) is 14.6. The van der Waals surface area contributed by atoms with E-state index in [0.29, 0.717) is 49.4 Å². The molecule has 2 aliphatic carbocycles. The van der Waals surface area contributed by atoms with Crippen LogP contribution in [0.15, 0.2) is 134 Å². The second kappa shape index (κ2) is 22.2. The number of likely N-dealkylation sites (tertiary alicyclic amines) is 2. The van der Waals surface area contributed by atoms with Gasteiger partial charge < -0.3 is 40.3 Å². The lowest BCUT2D eigenvalue weighted by Gasteiger charge is -2.38. The molecule has 4 aromatic heterocycles. The monoisotopic (exact) mass is 978 g/mol. The molecule has 0 spiro atoms. The van der Waals surface area contributed by atoms with Gasteiger partial charge in [0.25, 0.3) is 0 Å². The third kappa shape index (κ3) is 11.2. The quantitative estimate of drug-likeness (QED) is 0.0843. The summed E-state index contributed by atoms with van der Waals surface area (Å²) in [5.74, 6) is 4.04. The fraction of sp³-hybridized carbons (Fsp3) is 0.373. The van der Waals surface area contributed by atoms with Crippen molar-refractivity contribution in [3.63, 3.8) is 0 Å². The summed E-state index contributed by atoms with van der Waals surface area (Å²) in [6, 6.07) is 37.5. The molecule has 0 radical (unpaired) electrons. The number of amides is 1. The summed E-state index contributed by atoms with van der Waals surface area (Å²) < 4.78 is 16.7. The molecule has 0 unspecified atom stereocenters. The molecular weight excluding hydrogens is 911 g/mol. The standard InChI is InChI=1S/C31H36N6O2.C28H31N5O/c32-30-29-27(24-10-7-11-26(16-24)39-20-22-8-3-1-4-9-22)18-37(31(29)35-21-34-30)25-14-23(15-25)17-33-28(38)19-36-12-5-2-6-13-36;29-27-26-25(22-9-6-10-24(15-22)34-18-20-7-2-1-3-8-20)17-33(28(26)31-19-30-27)23-13-21(14-23)16-32-11-4-5-12-32/h1,3-4,7-11,16,18,21,23,25H,2,5-6,12-15,17,19-20H2,(H,33,38)(H2,32,34,35);1-3,6-10,15,17,19,21,23H,4-5,11-14,16,18H2,(H2,29,30,31). The Morgan fingerprint density at radius 1 is 0.562 bits per heavy atom. The second-order valence-corrected chi connectivity index (χ2v) is 20.6. The largest absolute Gasteiger partial charge is 0.489 e. The number of carbonyl (C=O) groups excluding carboxylic acids is 1. The molecule has 8 aromatic rings. The fourth-order valence-electron chi connectivity index (χ4n) is 11.3. The fourth-order valence-corrected chi connectivity index (χ4v) is 11.3. The number of ether oxygens (including phenoxy) is 2. The Labute approximate surface area is 427 Å². The van der Waals surface area contributed by atoms with Gasteiger partial charge in [-0.3, -0.25) is 9.69 Å². The number of hydrogen-bond acceptors (Lipinski definition) is 11. The van der Waals surface area contributed by atoms with Gasteiger partial charge in [-0.05, 0) is 136 Å². The maximum Gasteiger partial charge on any atom is 0.234 e. The smallest absolute Gasteiger partial charge is 0.234 e. The van der Waals surface area contributed by atoms with Gasteiger partial charge in [-0.25, -0.2) is 19.9 Å². The molecule has 73 heavy (non-hydrogen) atoms. The van der Waals surface area contributed by atoms with E-state index in [1.165, 1.54) is 70.9 Å². The minimum absolute atomic E-state index is 0.143. The van der Waals surface area contributed by atoms with Gasteiger partial charge in [0.15, 0.2) is 0 Å². The number of piperidine rings is 1. The topological polar surface area (TPSA) is 168 Å². The van der Waals surface area contributed by atoms with Crippen LogP contribution in [0, 0.1) is 11.8 Å². The Balaban J connectivity index is 0.000000159. The number of nitrogen functional groups attached to an aromatic ring is 2. The molecular formula is C59H67N11O3. The molecule has 4 aromatic carbocycles. The van der Waals surface area contributed by atoms with Gasteiger partial charge in [0.05, 0.1) is 17.3 Å². The predicted molar refractivity (Wildman–Crippen MR) is 289 cm³/mol. The van der Waals surface area contributed by atoms with Crippen molar-refractivity contribution >= 4 is 39.6 Å². The van der Waals surface area contributed by atoms with Crippen molar-refractivity contribution in [1.82, 2.24) is 44.2 Å². The number of benzene rings is 4. The van der Waals surface area contributed by atoms with Gasteiger partial charge >= 0.3 is 0 Å². The van der Waals surface area contributed by atoms with Crippen LogP contribution in [0.1, 0.15) is 81.0 Å². The summed E-state index contributed by atoms with van der Waals surface area (Å²) in [4.78, 5) is 35.2. The number of aromatic nitrogens is 6. The lowest BCUT2D eigenvalue weighted by atomic mass is 9.79. The van der Waals surface area contributed by atoms with Crippen molar-refractivity contribution in [3.8, 4) is 33.8 Å². The van der Waals surface area contributed by atoms with Crippen LogP contribution >= 0.6 is 0 Å². The van der Waals surface area contributed by atoms with E-state index in [-0.39, 0.29) is 5.91 Å². The SMILES string of the molecule is Nc1ncnc2c1c(-c1cccc(OCc3ccccc3)c1)cn2C1CC(CN2CCCC2)C1.Nc1ncnc2c1c(-c1cccc(OCc3ccccc3)c1)cn2C1CC(CNC(=O)CN2CCCCC2)C1. The van der Waals surface area contributed by atoms with Gasteiger partial charge in [0.2, 0.25) is 5.91 Å². The molecule has 376 valence electrons. The summed E-state index contributed by atoms with van der Waals surface area (Å²) in [7, 11) is 0. The van der Waals surface area contributed by atoms with Crippen LogP contribution in [0.3, 0.4) is 0 Å². The first-order valence-electron chi connectivity index (χ1n) is 26.4. The maximum atomic E-state index is 12.4. The van der Waals surface area contributed by atoms with E-state index in [4.69, 9.17) is 20.9 Å². The van der Waals surface area contributed by atoms with Crippen LogP contribution in [-0.2, 0) is 18.0 Å². The number of fused-ring (bicyclic) bond motifs is 2. The second-order valence-electron chi connectivity index (χ2n) is 20.6. The van der Waals surface area contributed by atoms with Crippen LogP contribution in [0.4, 0.5) is 11.6 Å². The maximum absolute atomic E-state index is 12.4. The van der Waals surface area contributed by atoms with E-state index in [0.717, 1.165) is 105 Å². The minimum Gasteiger partial charge on any atom is -0.489 e. The van der Waals surface area contributed by atoms with Gasteiger partial charge in [0.1, 0.15) is 60.3 Å². The van der Waals surface area contributed by atoms with Crippen LogP contribution < -0.4 is 26.3 Å². The molecule has 4 fully saturated rings. The van der Waals surface area contributed by atoms with Gasteiger partial charge in [0, 0.05) is 48.7 Å². The number of rotatable bonds is 16. The molecule has 2 saturated heterocycles. The highest BCUT2D eigenvalue weighted by Gasteiger charge is 2.35. The molecule has 12 rings (SSSR count). The number of nitrogens with two attached hydrogens (primary N) is 2. The zero-order chi connectivity index (χ0) is 49.5. The molecule has 4 aliphatic rings. The summed E-state index contributed by atoms with van der Waals surface area (Å²) in [5, 5.41) is 4.97. The first-order valence-corrected chi connectivity index (χ1v) is 26.4. The number of nitrogens with one attached hydrogen (secondary N) is 1. The van der Waals surface area contributed by atoms with Crippen molar-refractivity contribution in [2.75, 3.05) is 57.3 Å². The third-order valence-corrected chi connectivity index (χ3v) is 15.4. The molecule has 14 heteroatoms. The summed E-state index contributed by atoms with van der Waals surface area (Å²) in [5.41, 5.74) is 21.0. The molecule has 14 nitrogen and oxygen atoms in total. The molecule has 0 bridgehead atoms. The first-order chi connectivity index (χ1) is 35.9. The lowest BCUT2D eigenvalue weighted by molar-refractivity contribution is -0.122. The van der Waals surface area contributed by atoms with E-state index in [1.807, 2.05) is 60.7 Å². The molecule has 1 amide bonds. The number of anilines is 2. The molecule has 6 heterocycles. The third-order valence-electron chi connectivity index (χ3n) is 15.4. The highest BCUT2D eigenvalue weighted by molar-refractivity contribution is 6.02. The van der Waals surface area contributed by atoms with E-state index in [9.17, 15) is 4.79 Å². The van der Waals surface area contributed by atoms with Crippen LogP contribution in [-0.4, -0.2) is 90.6 Å². The molecule has 5 N–H and O–H groups in total. The van der Waals surface area contributed by atoms with Crippen LogP contribution in [0.25, 0.3) is 44.3 Å². The van der Waals surface area contributed by atoms with Crippen LogP contribution in [0.5, 0.6) is 11.5 Å². The van der Waals surface area contributed by atoms with Crippen molar-refractivity contribution in [1.29, 1.82) is 0 Å². The zero-order valence-electron chi connectivity index (χ0n) is 41.7. The van der Waals surface area contributed by atoms with E-state index < -0.39 is 0 Å². The van der Waals surface area contributed by atoms with E-state index >= 15 is 0 Å². The Bertz CT molecular complexity index is 3120. The highest BCUT2D eigenvalue weighted by Crippen LogP contribution is 2.45. The van der Waals surface area contributed by atoms with Gasteiger partial charge in [-0.2, -0.15) is 0 Å². The Morgan fingerprint density at radius 2 is 1.04 bits per heavy atom. The number of nitrogens with zero attached hydrogens (tertiary/aromatic N) is 8. The van der Waals surface area contributed by atoms with Gasteiger partial charge in [-0.15, -0.1) is 0 Å². The average molecular weight is 978 g/mol. The van der Waals surface area contributed by atoms with Crippen molar-refractivity contribution < 1.29 is 14.3 Å². The van der Waals surface area contributed by atoms with E-state index in [2.05, 4.69) is 105 Å². The number of hydrogen-bond donors (Lipinski definition) is 3. The Morgan fingerprint density at radius 3 is 1.56 bits per heavy atom. The highest BCUT2D eigenvalue weighted by atomic mass is 16.5. The normalized spacial score (nSPS) is 19.9. The summed E-state index contributed by atoms with van der Waals surface area (Å²) in [6.07, 6.45) is 18.3. The summed E-state index contributed by atoms with van der Waals surface area (Å²) in [6.45, 7) is 8.14. The molecule has 0 atom stereocenters. The summed E-state index contributed by atoms with van der Waals surface area (Å²) >= 11 is 0. The van der Waals surface area contributed by atoms with Crippen LogP contribution in [0.2, 0.25) is 0 Å². The van der Waals surface area contributed by atoms with Crippen molar-refractivity contribution in [2.45, 2.75) is 83.1 Å². The lowest BCUT2D eigenvalue weighted by Crippen LogP contribution is -2.43. The number of carbonyl (C=O) groups is 1.